The molecule has 9 heteroatoms. The van der Waals surface area contributed by atoms with Gasteiger partial charge in [-0.25, -0.2) is 0 Å². The van der Waals surface area contributed by atoms with Crippen molar-refractivity contribution in [1.82, 2.24) is 5.32 Å². The number of halogens is 5. The molecule has 1 aromatic carbocycles. The van der Waals surface area contributed by atoms with Crippen LogP contribution in [0.1, 0.15) is 0 Å². The maximum Gasteiger partial charge on any atom is 0.422 e. The predicted molar refractivity (Wildman–Crippen MR) is 72.8 cm³/mol. The van der Waals surface area contributed by atoms with Crippen LogP contribution in [-0.4, -0.2) is 32.3 Å². The highest BCUT2D eigenvalue weighted by Crippen LogP contribution is 2.29. The average molecular weight is 333 g/mol. The number of carbonyl (C=O) groups excluding carboxylic acids is 1. The van der Waals surface area contributed by atoms with E-state index in [0.717, 1.165) is 0 Å². The van der Waals surface area contributed by atoms with E-state index >= 15 is 0 Å². The Bertz CT molecular complexity index is 456. The fourth-order valence-corrected chi connectivity index (χ4v) is 1.40. The fraction of sp³-hybridized carbons (Fsp3) is 0.364. The number of carbonyl (C=O) groups is 1. The lowest BCUT2D eigenvalue weighted by molar-refractivity contribution is -0.153. The van der Waals surface area contributed by atoms with Gasteiger partial charge in [-0.2, -0.15) is 13.2 Å². The number of likely N-dealkylation sites (N-methyl/N-ethyl adjacent to an activating group) is 1. The van der Waals surface area contributed by atoms with Crippen molar-refractivity contribution < 1.29 is 22.7 Å². The van der Waals surface area contributed by atoms with E-state index in [-0.39, 0.29) is 35.4 Å². The van der Waals surface area contributed by atoms with Gasteiger partial charge in [0.15, 0.2) is 6.61 Å². The van der Waals surface area contributed by atoms with Crippen LogP contribution in [0.2, 0.25) is 5.02 Å². The molecular formula is C11H13Cl2F3N2O2. The second-order valence-electron chi connectivity index (χ2n) is 3.62. The number of hydrogen-bond acceptors (Lipinski definition) is 3. The first-order chi connectivity index (χ1) is 8.81. The number of ether oxygens (including phenoxy) is 1. The minimum Gasteiger partial charge on any atom is -0.482 e. The Balaban J connectivity index is 0.00000361. The zero-order valence-electron chi connectivity index (χ0n) is 10.4. The molecule has 1 aromatic rings. The van der Waals surface area contributed by atoms with E-state index in [0.29, 0.717) is 0 Å². The molecule has 2 N–H and O–H groups in total. The molecule has 0 spiro atoms. The summed E-state index contributed by atoms with van der Waals surface area (Å²) >= 11 is 5.68. The molecule has 0 aliphatic heterocycles. The third-order valence-electron chi connectivity index (χ3n) is 1.95. The first kappa shape index (κ1) is 18.8. The van der Waals surface area contributed by atoms with E-state index in [1.165, 1.54) is 18.2 Å². The normalized spacial score (nSPS) is 10.7. The van der Waals surface area contributed by atoms with E-state index in [1.54, 1.807) is 7.05 Å². The van der Waals surface area contributed by atoms with Gasteiger partial charge in [0, 0.05) is 11.1 Å². The van der Waals surface area contributed by atoms with E-state index in [9.17, 15) is 18.0 Å². The number of alkyl halides is 3. The van der Waals surface area contributed by atoms with Crippen LogP contribution in [0.4, 0.5) is 18.9 Å². The summed E-state index contributed by atoms with van der Waals surface area (Å²) in [5.74, 6) is -0.532. The molecule has 0 aliphatic rings. The van der Waals surface area contributed by atoms with Crippen LogP contribution in [0, 0.1) is 0 Å². The Labute approximate surface area is 125 Å². The molecule has 0 bridgehead atoms. The van der Waals surface area contributed by atoms with Gasteiger partial charge in [-0.05, 0) is 19.2 Å². The van der Waals surface area contributed by atoms with E-state index in [4.69, 9.17) is 11.6 Å². The van der Waals surface area contributed by atoms with Crippen molar-refractivity contribution >= 4 is 35.6 Å². The first-order valence-electron chi connectivity index (χ1n) is 5.25. The van der Waals surface area contributed by atoms with E-state index < -0.39 is 18.7 Å². The summed E-state index contributed by atoms with van der Waals surface area (Å²) in [5, 5.41) is 5.25. The number of nitrogens with one attached hydrogen (secondary N) is 2. The lowest BCUT2D eigenvalue weighted by atomic mass is 10.3. The van der Waals surface area contributed by atoms with Gasteiger partial charge in [0.25, 0.3) is 0 Å². The highest BCUT2D eigenvalue weighted by molar-refractivity contribution is 6.30. The molecule has 1 amide bonds. The lowest BCUT2D eigenvalue weighted by Gasteiger charge is -2.14. The predicted octanol–water partition coefficient (Wildman–Crippen LogP) is 2.86. The highest BCUT2D eigenvalue weighted by atomic mass is 35.5. The Morgan fingerprint density at radius 2 is 2.05 bits per heavy atom. The largest absolute Gasteiger partial charge is 0.482 e. The quantitative estimate of drug-likeness (QED) is 0.871. The summed E-state index contributed by atoms with van der Waals surface area (Å²) in [6, 6.07) is 4.03. The van der Waals surface area contributed by atoms with Gasteiger partial charge in [0.2, 0.25) is 5.91 Å². The van der Waals surface area contributed by atoms with Crippen LogP contribution in [0.25, 0.3) is 0 Å². The number of amides is 1. The summed E-state index contributed by atoms with van der Waals surface area (Å²) in [4.78, 5) is 11.4. The zero-order chi connectivity index (χ0) is 14.5. The van der Waals surface area contributed by atoms with Crippen molar-refractivity contribution in [3.8, 4) is 5.75 Å². The van der Waals surface area contributed by atoms with Crippen molar-refractivity contribution in [2.24, 2.45) is 0 Å². The molecule has 0 aliphatic carbocycles. The zero-order valence-corrected chi connectivity index (χ0v) is 12.0. The van der Waals surface area contributed by atoms with Crippen LogP contribution >= 0.6 is 24.0 Å². The lowest BCUT2D eigenvalue weighted by Crippen LogP contribution is -2.25. The molecule has 0 heterocycles. The first-order valence-corrected chi connectivity index (χ1v) is 5.63. The Morgan fingerprint density at radius 3 is 2.60 bits per heavy atom. The van der Waals surface area contributed by atoms with Gasteiger partial charge >= 0.3 is 6.18 Å². The number of anilines is 1. The minimum absolute atomic E-state index is 0. The van der Waals surface area contributed by atoms with Crippen molar-refractivity contribution in [1.29, 1.82) is 0 Å². The maximum atomic E-state index is 12.1. The summed E-state index contributed by atoms with van der Waals surface area (Å²) in [7, 11) is 1.57. The topological polar surface area (TPSA) is 50.4 Å². The van der Waals surface area contributed by atoms with E-state index in [2.05, 4.69) is 15.4 Å². The molecule has 0 unspecified atom stereocenters. The molecule has 0 radical (unpaired) electrons. The standard InChI is InChI=1S/C11H12ClF3N2O2.ClH/c1-16-5-10(18)17-8-3-2-7(12)4-9(8)19-6-11(13,14)15;/h2-4,16H,5-6H2,1H3,(H,17,18);1H. The Kier molecular flexibility index (Phi) is 7.70. The molecule has 4 nitrogen and oxygen atoms in total. The van der Waals surface area contributed by atoms with Crippen LogP contribution in [-0.2, 0) is 4.79 Å². The summed E-state index contributed by atoms with van der Waals surface area (Å²) in [6.45, 7) is -1.43. The second kappa shape index (κ2) is 8.18. The summed E-state index contributed by atoms with van der Waals surface area (Å²) in [6.07, 6.45) is -4.46. The number of hydrogen-bond donors (Lipinski definition) is 2. The molecule has 1 rings (SSSR count). The molecular weight excluding hydrogens is 320 g/mol. The van der Waals surface area contributed by atoms with Gasteiger partial charge in [0.1, 0.15) is 5.75 Å². The minimum atomic E-state index is -4.46. The monoisotopic (exact) mass is 332 g/mol. The van der Waals surface area contributed by atoms with Gasteiger partial charge in [-0.1, -0.05) is 11.6 Å². The average Bonchev–Trinajstić information content (AvgIpc) is 2.29. The number of rotatable bonds is 5. The summed E-state index contributed by atoms with van der Waals surface area (Å²) in [5.41, 5.74) is 0.133. The fourth-order valence-electron chi connectivity index (χ4n) is 1.23. The highest BCUT2D eigenvalue weighted by Gasteiger charge is 2.29. The molecule has 20 heavy (non-hydrogen) atoms. The summed E-state index contributed by atoms with van der Waals surface area (Å²) < 4.78 is 40.9. The van der Waals surface area contributed by atoms with Crippen LogP contribution < -0.4 is 15.4 Å². The maximum absolute atomic E-state index is 12.1. The third-order valence-corrected chi connectivity index (χ3v) is 2.18. The van der Waals surface area contributed by atoms with Gasteiger partial charge in [-0.3, -0.25) is 4.79 Å². The molecule has 0 saturated carbocycles. The van der Waals surface area contributed by atoms with E-state index in [1.807, 2.05) is 0 Å². The molecule has 0 fully saturated rings. The van der Waals surface area contributed by atoms with Gasteiger partial charge < -0.3 is 15.4 Å². The molecule has 0 atom stereocenters. The molecule has 0 saturated heterocycles. The van der Waals surface area contributed by atoms with Crippen LogP contribution in [0.15, 0.2) is 18.2 Å². The van der Waals surface area contributed by atoms with Crippen LogP contribution in [0.3, 0.4) is 0 Å². The third kappa shape index (κ3) is 6.83. The smallest absolute Gasteiger partial charge is 0.422 e. The van der Waals surface area contributed by atoms with Gasteiger partial charge in [-0.15, -0.1) is 12.4 Å². The van der Waals surface area contributed by atoms with Crippen molar-refractivity contribution in [2.75, 3.05) is 25.5 Å². The van der Waals surface area contributed by atoms with Crippen molar-refractivity contribution in [3.05, 3.63) is 23.2 Å². The SMILES string of the molecule is CNCC(=O)Nc1ccc(Cl)cc1OCC(F)(F)F.Cl. The number of benzene rings is 1. The van der Waals surface area contributed by atoms with Crippen LogP contribution in [0.5, 0.6) is 5.75 Å². The van der Waals surface area contributed by atoms with Crippen molar-refractivity contribution in [2.45, 2.75) is 6.18 Å². The van der Waals surface area contributed by atoms with Crippen molar-refractivity contribution in [3.63, 3.8) is 0 Å². The Hall–Kier alpha value is -1.18. The van der Waals surface area contributed by atoms with Gasteiger partial charge in [0.05, 0.1) is 12.2 Å². The molecule has 114 valence electrons. The second-order valence-corrected chi connectivity index (χ2v) is 4.06. The molecule has 0 aromatic heterocycles. The Morgan fingerprint density at radius 1 is 1.40 bits per heavy atom.